The van der Waals surface area contributed by atoms with E-state index in [1.54, 1.807) is 6.20 Å². The summed E-state index contributed by atoms with van der Waals surface area (Å²) in [7, 11) is 0. The van der Waals surface area contributed by atoms with Gasteiger partial charge in [-0.25, -0.2) is 0 Å². The number of rotatable bonds is 4. The van der Waals surface area contributed by atoms with Crippen molar-refractivity contribution in [3.05, 3.63) is 35.0 Å². The monoisotopic (exact) mass is 332 g/mol. The van der Waals surface area contributed by atoms with Gasteiger partial charge < -0.3 is 15.1 Å². The quantitative estimate of drug-likeness (QED) is 0.929. The first-order valence-electron chi connectivity index (χ1n) is 7.86. The van der Waals surface area contributed by atoms with Gasteiger partial charge in [0.1, 0.15) is 0 Å². The molecule has 2 heterocycles. The van der Waals surface area contributed by atoms with Crippen LogP contribution in [-0.2, 0) is 0 Å². The lowest BCUT2D eigenvalue weighted by atomic mass is 10.2. The molecule has 1 saturated heterocycles. The lowest BCUT2D eigenvalue weighted by molar-refractivity contribution is 0.269. The molecule has 0 spiro atoms. The van der Waals surface area contributed by atoms with Gasteiger partial charge in [-0.2, -0.15) is 10.1 Å². The molecule has 6 nitrogen and oxygen atoms in total. The van der Waals surface area contributed by atoms with E-state index >= 15 is 0 Å². The predicted octanol–water partition coefficient (Wildman–Crippen LogP) is 2.72. The third-order valence-electron chi connectivity index (χ3n) is 4.09. The van der Waals surface area contributed by atoms with E-state index in [2.05, 4.69) is 37.2 Å². The van der Waals surface area contributed by atoms with Crippen LogP contribution in [0.4, 0.5) is 17.5 Å². The molecule has 1 N–H and O–H groups in total. The number of nitrogens with zero attached hydrogens (tertiary/aromatic N) is 5. The number of aryl methyl sites for hydroxylation is 1. The summed E-state index contributed by atoms with van der Waals surface area (Å²) in [5.74, 6) is 1.34. The predicted molar refractivity (Wildman–Crippen MR) is 93.6 cm³/mol. The summed E-state index contributed by atoms with van der Waals surface area (Å²) in [6.07, 6.45) is 1.62. The zero-order chi connectivity index (χ0) is 16.2. The molecule has 0 bridgehead atoms. The zero-order valence-corrected chi connectivity index (χ0v) is 14.2. The minimum absolute atomic E-state index is 0.670. The van der Waals surface area contributed by atoms with Crippen LogP contribution in [0.5, 0.6) is 0 Å². The van der Waals surface area contributed by atoms with E-state index in [0.29, 0.717) is 11.8 Å². The average Bonchev–Trinajstić information content (AvgIpc) is 2.58. The number of likely N-dealkylation sites (N-methyl/N-ethyl adjacent to an activating group) is 1. The Hall–Kier alpha value is -1.92. The number of hydrogen-bond donors (Lipinski definition) is 1. The molecule has 0 radical (unpaired) electrons. The lowest BCUT2D eigenvalue weighted by Crippen LogP contribution is -2.46. The molecule has 7 heteroatoms. The largest absolute Gasteiger partial charge is 0.339 e. The van der Waals surface area contributed by atoms with Crippen LogP contribution in [0.3, 0.4) is 0 Å². The van der Waals surface area contributed by atoms with Gasteiger partial charge in [-0.15, -0.1) is 5.10 Å². The van der Waals surface area contributed by atoms with Crippen LogP contribution in [-0.4, -0.2) is 52.8 Å². The van der Waals surface area contributed by atoms with Crippen LogP contribution in [0.2, 0.25) is 5.02 Å². The van der Waals surface area contributed by atoms with Gasteiger partial charge in [0.15, 0.2) is 5.82 Å². The van der Waals surface area contributed by atoms with Crippen molar-refractivity contribution in [2.75, 3.05) is 42.9 Å². The van der Waals surface area contributed by atoms with E-state index in [9.17, 15) is 0 Å². The van der Waals surface area contributed by atoms with Gasteiger partial charge in [0.25, 0.3) is 0 Å². The molecule has 0 amide bonds. The highest BCUT2D eigenvalue weighted by Gasteiger charge is 2.18. The number of nitrogens with one attached hydrogen (secondary N) is 1. The van der Waals surface area contributed by atoms with Crippen molar-refractivity contribution in [1.82, 2.24) is 20.1 Å². The minimum Gasteiger partial charge on any atom is -0.339 e. The molecule has 1 aliphatic rings. The molecule has 2 aromatic rings. The van der Waals surface area contributed by atoms with Crippen molar-refractivity contribution in [3.8, 4) is 0 Å². The molecule has 0 aliphatic carbocycles. The molecular formula is C16H21ClN6. The SMILES string of the molecule is CCN1CCN(c2nncc(Nc3ccc(C)c(Cl)c3)n2)CC1. The topological polar surface area (TPSA) is 57.2 Å². The summed E-state index contributed by atoms with van der Waals surface area (Å²) < 4.78 is 0. The smallest absolute Gasteiger partial charge is 0.247 e. The Balaban J connectivity index is 1.71. The number of hydrogen-bond acceptors (Lipinski definition) is 6. The fraction of sp³-hybridized carbons (Fsp3) is 0.438. The molecule has 0 unspecified atom stereocenters. The maximum absolute atomic E-state index is 6.16. The van der Waals surface area contributed by atoms with Crippen molar-refractivity contribution in [3.63, 3.8) is 0 Å². The van der Waals surface area contributed by atoms with E-state index in [0.717, 1.165) is 49.0 Å². The van der Waals surface area contributed by atoms with Crippen molar-refractivity contribution < 1.29 is 0 Å². The minimum atomic E-state index is 0.670. The number of benzene rings is 1. The Morgan fingerprint density at radius 3 is 2.70 bits per heavy atom. The third-order valence-corrected chi connectivity index (χ3v) is 4.50. The highest BCUT2D eigenvalue weighted by Crippen LogP contribution is 2.22. The fourth-order valence-electron chi connectivity index (χ4n) is 2.57. The van der Waals surface area contributed by atoms with Crippen LogP contribution in [0.1, 0.15) is 12.5 Å². The van der Waals surface area contributed by atoms with Gasteiger partial charge in [0, 0.05) is 36.9 Å². The molecule has 1 aromatic heterocycles. The van der Waals surface area contributed by atoms with E-state index in [4.69, 9.17) is 11.6 Å². The maximum Gasteiger partial charge on any atom is 0.247 e. The molecule has 0 atom stereocenters. The maximum atomic E-state index is 6.16. The molecular weight excluding hydrogens is 312 g/mol. The van der Waals surface area contributed by atoms with Gasteiger partial charge in [0.2, 0.25) is 5.95 Å². The Kier molecular flexibility index (Phi) is 4.93. The second kappa shape index (κ2) is 7.10. The van der Waals surface area contributed by atoms with E-state index < -0.39 is 0 Å². The number of halogens is 1. The van der Waals surface area contributed by atoms with Crippen LogP contribution in [0.25, 0.3) is 0 Å². The Morgan fingerprint density at radius 2 is 2.00 bits per heavy atom. The second-order valence-electron chi connectivity index (χ2n) is 5.65. The van der Waals surface area contributed by atoms with Crippen LogP contribution < -0.4 is 10.2 Å². The van der Waals surface area contributed by atoms with Crippen LogP contribution in [0.15, 0.2) is 24.4 Å². The first-order chi connectivity index (χ1) is 11.2. The highest BCUT2D eigenvalue weighted by atomic mass is 35.5. The second-order valence-corrected chi connectivity index (χ2v) is 6.06. The summed E-state index contributed by atoms with van der Waals surface area (Å²) in [5.41, 5.74) is 1.94. The standard InChI is InChI=1S/C16H21ClN6/c1-3-22-6-8-23(9-7-22)16-20-15(11-18-21-16)19-13-5-4-12(2)14(17)10-13/h4-5,10-11H,3,6-9H2,1-2H3,(H,19,20,21). The molecule has 1 aromatic carbocycles. The van der Waals surface area contributed by atoms with Gasteiger partial charge in [-0.1, -0.05) is 24.6 Å². The van der Waals surface area contributed by atoms with Gasteiger partial charge in [0.05, 0.1) is 6.20 Å². The third kappa shape index (κ3) is 3.89. The molecule has 3 rings (SSSR count). The van der Waals surface area contributed by atoms with E-state index in [1.165, 1.54) is 0 Å². The van der Waals surface area contributed by atoms with Gasteiger partial charge in [-0.3, -0.25) is 0 Å². The molecule has 1 fully saturated rings. The van der Waals surface area contributed by atoms with Crippen molar-refractivity contribution in [2.45, 2.75) is 13.8 Å². The molecule has 23 heavy (non-hydrogen) atoms. The lowest BCUT2D eigenvalue weighted by Gasteiger charge is -2.33. The molecule has 122 valence electrons. The van der Waals surface area contributed by atoms with Gasteiger partial charge >= 0.3 is 0 Å². The normalized spacial score (nSPS) is 15.7. The summed E-state index contributed by atoms with van der Waals surface area (Å²) in [5, 5.41) is 12.2. The Bertz CT molecular complexity index is 669. The van der Waals surface area contributed by atoms with E-state index in [1.807, 2.05) is 25.1 Å². The highest BCUT2D eigenvalue weighted by molar-refractivity contribution is 6.31. The Labute approximate surface area is 141 Å². The molecule has 1 aliphatic heterocycles. The average molecular weight is 333 g/mol. The van der Waals surface area contributed by atoms with Crippen molar-refractivity contribution in [1.29, 1.82) is 0 Å². The first-order valence-corrected chi connectivity index (χ1v) is 8.23. The summed E-state index contributed by atoms with van der Waals surface area (Å²) in [6, 6.07) is 5.84. The first kappa shape index (κ1) is 16.0. The van der Waals surface area contributed by atoms with E-state index in [-0.39, 0.29) is 0 Å². The van der Waals surface area contributed by atoms with Gasteiger partial charge in [-0.05, 0) is 31.2 Å². The summed E-state index contributed by atoms with van der Waals surface area (Å²) in [4.78, 5) is 9.16. The summed E-state index contributed by atoms with van der Waals surface area (Å²) in [6.45, 7) is 9.17. The number of piperazine rings is 1. The number of anilines is 3. The van der Waals surface area contributed by atoms with Crippen LogP contribution in [0, 0.1) is 6.92 Å². The fourth-order valence-corrected chi connectivity index (χ4v) is 2.75. The van der Waals surface area contributed by atoms with Crippen LogP contribution >= 0.6 is 11.6 Å². The Morgan fingerprint density at radius 1 is 1.22 bits per heavy atom. The van der Waals surface area contributed by atoms with Crippen molar-refractivity contribution in [2.24, 2.45) is 0 Å². The number of aromatic nitrogens is 3. The van der Waals surface area contributed by atoms with Crippen molar-refractivity contribution >= 4 is 29.1 Å². The zero-order valence-electron chi connectivity index (χ0n) is 13.5. The summed E-state index contributed by atoms with van der Waals surface area (Å²) >= 11 is 6.16. The molecule has 0 saturated carbocycles.